The number of fused-ring (bicyclic) bond motifs is 1. The summed E-state index contributed by atoms with van der Waals surface area (Å²) < 4.78 is 5.33. The molecule has 1 saturated heterocycles. The van der Waals surface area contributed by atoms with Crippen LogP contribution in [0, 0.1) is 0 Å². The fourth-order valence-corrected chi connectivity index (χ4v) is 2.20. The molecule has 1 aromatic carbocycles. The van der Waals surface area contributed by atoms with E-state index in [2.05, 4.69) is 9.97 Å². The van der Waals surface area contributed by atoms with E-state index in [1.54, 1.807) is 0 Å². The Labute approximate surface area is 97.8 Å². The zero-order valence-corrected chi connectivity index (χ0v) is 9.37. The summed E-state index contributed by atoms with van der Waals surface area (Å²) in [6.45, 7) is 1.23. The third kappa shape index (κ3) is 1.59. The van der Waals surface area contributed by atoms with E-state index in [9.17, 15) is 0 Å². The predicted molar refractivity (Wildman–Crippen MR) is 62.6 cm³/mol. The van der Waals surface area contributed by atoms with Crippen LogP contribution >= 0.6 is 11.6 Å². The van der Waals surface area contributed by atoms with E-state index < -0.39 is 0 Å². The lowest BCUT2D eigenvalue weighted by Crippen LogP contribution is -2.27. The molecule has 3 N–H and O–H groups in total. The van der Waals surface area contributed by atoms with Crippen LogP contribution in [0.5, 0.6) is 0 Å². The molecule has 2 atom stereocenters. The number of aromatic nitrogens is 2. The van der Waals surface area contributed by atoms with Crippen LogP contribution in [0.25, 0.3) is 11.0 Å². The second-order valence-electron chi connectivity index (χ2n) is 4.09. The SMILES string of the molecule is NC1COCC1c1nc2ccc(Cl)cc2[nH]1. The van der Waals surface area contributed by atoms with Gasteiger partial charge in [0.25, 0.3) is 0 Å². The minimum absolute atomic E-state index is 0.0241. The molecular formula is C11H12ClN3O. The third-order valence-electron chi connectivity index (χ3n) is 2.94. The van der Waals surface area contributed by atoms with Gasteiger partial charge in [0.05, 0.1) is 30.2 Å². The van der Waals surface area contributed by atoms with E-state index in [0.29, 0.717) is 18.2 Å². The van der Waals surface area contributed by atoms with Gasteiger partial charge in [-0.1, -0.05) is 11.6 Å². The van der Waals surface area contributed by atoms with Gasteiger partial charge >= 0.3 is 0 Å². The molecule has 1 aromatic heterocycles. The number of H-pyrrole nitrogens is 1. The molecule has 84 valence electrons. The first-order chi connectivity index (χ1) is 7.74. The van der Waals surface area contributed by atoms with Crippen LogP contribution in [0.1, 0.15) is 11.7 Å². The Morgan fingerprint density at radius 2 is 2.31 bits per heavy atom. The summed E-state index contributed by atoms with van der Waals surface area (Å²) in [6.07, 6.45) is 0. The highest BCUT2D eigenvalue weighted by molar-refractivity contribution is 6.31. The summed E-state index contributed by atoms with van der Waals surface area (Å²) in [5, 5.41) is 0.703. The van der Waals surface area contributed by atoms with Gasteiger partial charge in [-0.3, -0.25) is 0 Å². The first-order valence-electron chi connectivity index (χ1n) is 5.22. The minimum atomic E-state index is 0.0241. The summed E-state index contributed by atoms with van der Waals surface area (Å²) in [5.74, 6) is 1.05. The molecule has 1 aliphatic heterocycles. The average molecular weight is 238 g/mol. The van der Waals surface area contributed by atoms with E-state index >= 15 is 0 Å². The Bertz CT molecular complexity index is 525. The van der Waals surface area contributed by atoms with E-state index in [-0.39, 0.29) is 12.0 Å². The number of ether oxygens (including phenoxy) is 1. The van der Waals surface area contributed by atoms with Crippen molar-refractivity contribution in [1.29, 1.82) is 0 Å². The first-order valence-corrected chi connectivity index (χ1v) is 5.60. The van der Waals surface area contributed by atoms with Crippen molar-refractivity contribution in [1.82, 2.24) is 9.97 Å². The number of benzene rings is 1. The van der Waals surface area contributed by atoms with Crippen LogP contribution in [-0.2, 0) is 4.74 Å². The normalized spacial score (nSPS) is 25.4. The summed E-state index contributed by atoms with van der Waals surface area (Å²) in [7, 11) is 0. The molecule has 4 nitrogen and oxygen atoms in total. The Balaban J connectivity index is 2.04. The lowest BCUT2D eigenvalue weighted by Gasteiger charge is -2.08. The van der Waals surface area contributed by atoms with Crippen molar-refractivity contribution in [2.45, 2.75) is 12.0 Å². The van der Waals surface area contributed by atoms with Gasteiger partial charge in [0.2, 0.25) is 0 Å². The van der Waals surface area contributed by atoms with Crippen LogP contribution in [0.2, 0.25) is 5.02 Å². The molecule has 0 saturated carbocycles. The second-order valence-corrected chi connectivity index (χ2v) is 4.53. The summed E-state index contributed by atoms with van der Waals surface area (Å²) >= 11 is 5.92. The van der Waals surface area contributed by atoms with E-state index in [0.717, 1.165) is 16.9 Å². The Morgan fingerprint density at radius 3 is 3.06 bits per heavy atom. The van der Waals surface area contributed by atoms with Gasteiger partial charge in [-0.2, -0.15) is 0 Å². The van der Waals surface area contributed by atoms with Crippen molar-refractivity contribution in [2.24, 2.45) is 5.73 Å². The van der Waals surface area contributed by atoms with Crippen molar-refractivity contribution in [3.05, 3.63) is 29.0 Å². The van der Waals surface area contributed by atoms with Gasteiger partial charge in [-0.15, -0.1) is 0 Å². The number of halogens is 1. The van der Waals surface area contributed by atoms with Gasteiger partial charge in [-0.05, 0) is 18.2 Å². The molecule has 5 heteroatoms. The van der Waals surface area contributed by atoms with Crippen molar-refractivity contribution in [3.8, 4) is 0 Å². The maximum absolute atomic E-state index is 5.95. The Hall–Kier alpha value is -1.10. The van der Waals surface area contributed by atoms with E-state index in [4.69, 9.17) is 22.1 Å². The van der Waals surface area contributed by atoms with Gasteiger partial charge in [0.1, 0.15) is 5.82 Å². The molecule has 1 fully saturated rings. The van der Waals surface area contributed by atoms with Gasteiger partial charge in [0, 0.05) is 11.1 Å². The summed E-state index contributed by atoms with van der Waals surface area (Å²) in [5.41, 5.74) is 7.81. The lowest BCUT2D eigenvalue weighted by atomic mass is 10.0. The highest BCUT2D eigenvalue weighted by Crippen LogP contribution is 2.25. The molecule has 0 amide bonds. The van der Waals surface area contributed by atoms with Crippen molar-refractivity contribution in [3.63, 3.8) is 0 Å². The maximum atomic E-state index is 5.95. The fraction of sp³-hybridized carbons (Fsp3) is 0.364. The Morgan fingerprint density at radius 1 is 1.44 bits per heavy atom. The summed E-state index contributed by atoms with van der Waals surface area (Å²) in [4.78, 5) is 7.77. The summed E-state index contributed by atoms with van der Waals surface area (Å²) in [6, 6.07) is 5.63. The molecule has 0 radical (unpaired) electrons. The highest BCUT2D eigenvalue weighted by atomic mass is 35.5. The largest absolute Gasteiger partial charge is 0.379 e. The molecule has 1 aliphatic rings. The first kappa shape index (κ1) is 10.1. The van der Waals surface area contributed by atoms with Crippen LogP contribution in [0.3, 0.4) is 0 Å². The third-order valence-corrected chi connectivity index (χ3v) is 3.17. The van der Waals surface area contributed by atoms with Crippen molar-refractivity contribution < 1.29 is 4.74 Å². The van der Waals surface area contributed by atoms with Crippen LogP contribution < -0.4 is 5.73 Å². The zero-order chi connectivity index (χ0) is 11.1. The van der Waals surface area contributed by atoms with E-state index in [1.807, 2.05) is 18.2 Å². The molecule has 16 heavy (non-hydrogen) atoms. The molecule has 0 bridgehead atoms. The van der Waals surface area contributed by atoms with Gasteiger partial charge in [0.15, 0.2) is 0 Å². The number of nitrogens with two attached hydrogens (primary N) is 1. The lowest BCUT2D eigenvalue weighted by molar-refractivity contribution is 0.190. The van der Waals surface area contributed by atoms with Crippen LogP contribution in [-0.4, -0.2) is 29.2 Å². The average Bonchev–Trinajstić information content (AvgIpc) is 2.82. The topological polar surface area (TPSA) is 63.9 Å². The molecule has 0 spiro atoms. The molecule has 2 unspecified atom stereocenters. The number of hydrogen-bond donors (Lipinski definition) is 2. The molecule has 2 heterocycles. The molecule has 2 aromatic rings. The predicted octanol–water partition coefficient (Wildman–Crippen LogP) is 1.66. The minimum Gasteiger partial charge on any atom is -0.379 e. The second kappa shape index (κ2) is 3.73. The molecule has 0 aliphatic carbocycles. The van der Waals surface area contributed by atoms with Gasteiger partial charge < -0.3 is 15.5 Å². The number of imidazole rings is 1. The fourth-order valence-electron chi connectivity index (χ4n) is 2.03. The zero-order valence-electron chi connectivity index (χ0n) is 8.61. The monoisotopic (exact) mass is 237 g/mol. The number of hydrogen-bond acceptors (Lipinski definition) is 3. The number of aromatic amines is 1. The maximum Gasteiger partial charge on any atom is 0.114 e. The van der Waals surface area contributed by atoms with Gasteiger partial charge in [-0.25, -0.2) is 4.98 Å². The highest BCUT2D eigenvalue weighted by Gasteiger charge is 2.28. The van der Waals surface area contributed by atoms with Crippen LogP contribution in [0.4, 0.5) is 0 Å². The standard InChI is InChI=1S/C11H12ClN3O/c12-6-1-2-9-10(3-6)15-11(14-9)7-4-16-5-8(7)13/h1-3,7-8H,4-5,13H2,(H,14,15). The quantitative estimate of drug-likeness (QED) is 0.793. The number of nitrogens with one attached hydrogen (secondary N) is 1. The van der Waals surface area contributed by atoms with Crippen molar-refractivity contribution >= 4 is 22.6 Å². The Kier molecular flexibility index (Phi) is 2.35. The smallest absolute Gasteiger partial charge is 0.114 e. The molecular weight excluding hydrogens is 226 g/mol. The van der Waals surface area contributed by atoms with Crippen LogP contribution in [0.15, 0.2) is 18.2 Å². The van der Waals surface area contributed by atoms with Crippen molar-refractivity contribution in [2.75, 3.05) is 13.2 Å². The number of nitrogens with zero attached hydrogens (tertiary/aromatic N) is 1. The number of rotatable bonds is 1. The molecule has 3 rings (SSSR count). The van der Waals surface area contributed by atoms with E-state index in [1.165, 1.54) is 0 Å².